The minimum Gasteiger partial charge on any atom is -0.487 e. The van der Waals surface area contributed by atoms with Crippen LogP contribution in [0, 0.1) is 0 Å². The van der Waals surface area contributed by atoms with E-state index in [9.17, 15) is 9.90 Å². The van der Waals surface area contributed by atoms with Crippen molar-refractivity contribution in [1.29, 1.82) is 0 Å². The summed E-state index contributed by atoms with van der Waals surface area (Å²) in [6.07, 6.45) is 3.80. The van der Waals surface area contributed by atoms with Gasteiger partial charge in [0, 0.05) is 29.0 Å². The summed E-state index contributed by atoms with van der Waals surface area (Å²) in [6, 6.07) is 23.3. The van der Waals surface area contributed by atoms with E-state index in [4.69, 9.17) is 9.47 Å². The Labute approximate surface area is 246 Å². The van der Waals surface area contributed by atoms with E-state index in [0.717, 1.165) is 50.8 Å². The fraction of sp³-hybridized carbons (Fsp3) is 0.355. The molecule has 1 fully saturated rings. The van der Waals surface area contributed by atoms with Gasteiger partial charge >= 0.3 is 0 Å². The molecule has 3 N–H and O–H groups in total. The van der Waals surface area contributed by atoms with E-state index >= 15 is 0 Å². The topological polar surface area (TPSA) is 92.7 Å². The lowest BCUT2D eigenvalue weighted by atomic mass is 9.73. The van der Waals surface area contributed by atoms with Gasteiger partial charge in [0.05, 0.1) is 22.4 Å². The van der Waals surface area contributed by atoms with Crippen LogP contribution in [-0.4, -0.2) is 46.9 Å². The van der Waals surface area contributed by atoms with E-state index in [2.05, 4.69) is 37.6 Å². The number of carbonyl (C=O) groups excluding carboxylic acids is 1. The second-order valence-corrected chi connectivity index (χ2v) is 12.6. The minimum absolute atomic E-state index is 0.0478. The van der Waals surface area contributed by atoms with Crippen molar-refractivity contribution < 1.29 is 19.4 Å². The fourth-order valence-corrected chi connectivity index (χ4v) is 6.74. The summed E-state index contributed by atoms with van der Waals surface area (Å²) in [5, 5.41) is 18.4. The molecular weight excluding hydrogens is 590 g/mol. The first kappa shape index (κ1) is 27.2. The predicted molar refractivity (Wildman–Crippen MR) is 160 cm³/mol. The van der Waals surface area contributed by atoms with Gasteiger partial charge in [0.2, 0.25) is 0 Å². The summed E-state index contributed by atoms with van der Waals surface area (Å²) in [6.45, 7) is 0.151. The Morgan fingerprint density at radius 3 is 2.73 bits per heavy atom. The average Bonchev–Trinajstić information content (AvgIpc) is 3.37. The Hall–Kier alpha value is -2.98. The second-order valence-electron chi connectivity index (χ2n) is 10.7. The lowest BCUT2D eigenvalue weighted by molar-refractivity contribution is -0.124. The Morgan fingerprint density at radius 2 is 1.95 bits per heavy atom. The van der Waals surface area contributed by atoms with Crippen molar-refractivity contribution in [3.63, 3.8) is 0 Å². The molecule has 0 bridgehead atoms. The van der Waals surface area contributed by atoms with Crippen LogP contribution in [-0.2, 0) is 11.2 Å². The van der Waals surface area contributed by atoms with Crippen molar-refractivity contribution in [3.8, 4) is 10.9 Å². The Balaban J connectivity index is 1.12. The first-order valence-corrected chi connectivity index (χ1v) is 15.3. The van der Waals surface area contributed by atoms with Gasteiger partial charge in [-0.15, -0.1) is 0 Å². The number of nitrogens with zero attached hydrogens (tertiary/aromatic N) is 1. The normalized spacial score (nSPS) is 18.8. The number of para-hydroxylation sites is 1. The zero-order valence-electron chi connectivity index (χ0n) is 22.0. The molecule has 1 saturated carbocycles. The summed E-state index contributed by atoms with van der Waals surface area (Å²) in [7, 11) is 0. The number of thiazole rings is 1. The van der Waals surface area contributed by atoms with Gasteiger partial charge in [0.1, 0.15) is 11.4 Å². The summed E-state index contributed by atoms with van der Waals surface area (Å²) in [5.41, 5.74) is 2.84. The van der Waals surface area contributed by atoms with Crippen molar-refractivity contribution >= 4 is 43.4 Å². The molecule has 208 valence electrons. The molecule has 40 heavy (non-hydrogen) atoms. The van der Waals surface area contributed by atoms with Gasteiger partial charge in [-0.25, -0.2) is 4.98 Å². The van der Waals surface area contributed by atoms with E-state index in [1.807, 2.05) is 66.7 Å². The molecule has 1 spiro atoms. The zero-order chi connectivity index (χ0) is 27.5. The average molecular weight is 623 g/mol. The number of aliphatic hydroxyl groups excluding tert-OH is 1. The molecule has 2 aliphatic rings. The number of fused-ring (bicyclic) bond motifs is 2. The quantitative estimate of drug-likeness (QED) is 0.215. The first-order chi connectivity index (χ1) is 19.5. The van der Waals surface area contributed by atoms with Crippen molar-refractivity contribution in [2.75, 3.05) is 13.2 Å². The molecule has 6 rings (SSSR count). The largest absolute Gasteiger partial charge is 0.487 e. The number of hydrogen-bond donors (Lipinski definition) is 3. The monoisotopic (exact) mass is 621 g/mol. The lowest BCUT2D eigenvalue weighted by Crippen LogP contribution is -2.52. The molecule has 3 atom stereocenters. The van der Waals surface area contributed by atoms with Crippen LogP contribution in [0.4, 0.5) is 0 Å². The van der Waals surface area contributed by atoms with E-state index in [0.29, 0.717) is 18.2 Å². The number of rotatable bonds is 10. The number of amides is 1. The van der Waals surface area contributed by atoms with Crippen LogP contribution in [0.3, 0.4) is 0 Å². The number of ether oxygens (including phenoxy) is 2. The molecule has 0 radical (unpaired) electrons. The van der Waals surface area contributed by atoms with E-state index < -0.39 is 12.1 Å². The van der Waals surface area contributed by atoms with Gasteiger partial charge in [-0.3, -0.25) is 4.79 Å². The van der Waals surface area contributed by atoms with E-state index in [1.54, 1.807) is 0 Å². The SMILES string of the molecule is O=C(COc1nc2ccccc2s1)N[C@@H](Cc1ccccc1)[C@H](O)CN[C@H]1CC2(CCC2)Oc2ccc(Br)cc21. The lowest BCUT2D eigenvalue weighted by Gasteiger charge is -2.48. The maximum Gasteiger partial charge on any atom is 0.274 e. The van der Waals surface area contributed by atoms with E-state index in [-0.39, 0.29) is 24.2 Å². The van der Waals surface area contributed by atoms with Crippen LogP contribution < -0.4 is 20.1 Å². The minimum atomic E-state index is -0.817. The number of aliphatic hydroxyl groups is 1. The van der Waals surface area contributed by atoms with Crippen molar-refractivity contribution in [3.05, 3.63) is 88.4 Å². The number of benzene rings is 3. The third-order valence-electron chi connectivity index (χ3n) is 7.80. The molecule has 1 amide bonds. The zero-order valence-corrected chi connectivity index (χ0v) is 24.4. The van der Waals surface area contributed by atoms with Gasteiger partial charge in [-0.2, -0.15) is 0 Å². The van der Waals surface area contributed by atoms with Gasteiger partial charge in [-0.05, 0) is 61.6 Å². The molecule has 4 aromatic rings. The Morgan fingerprint density at radius 1 is 1.15 bits per heavy atom. The van der Waals surface area contributed by atoms with Gasteiger partial charge in [-0.1, -0.05) is 69.7 Å². The molecule has 9 heteroatoms. The maximum absolute atomic E-state index is 13.0. The number of halogens is 1. The highest BCUT2D eigenvalue weighted by molar-refractivity contribution is 9.10. The molecule has 1 aliphatic carbocycles. The van der Waals surface area contributed by atoms with Gasteiger partial charge in [0.15, 0.2) is 6.61 Å². The smallest absolute Gasteiger partial charge is 0.274 e. The van der Waals surface area contributed by atoms with E-state index in [1.165, 1.54) is 17.8 Å². The highest BCUT2D eigenvalue weighted by Gasteiger charge is 2.45. The van der Waals surface area contributed by atoms with Crippen LogP contribution in [0.2, 0.25) is 0 Å². The van der Waals surface area contributed by atoms with Crippen molar-refractivity contribution in [1.82, 2.24) is 15.6 Å². The number of carbonyl (C=O) groups is 1. The molecule has 1 aliphatic heterocycles. The molecule has 1 aromatic heterocycles. The molecule has 7 nitrogen and oxygen atoms in total. The van der Waals surface area contributed by atoms with Crippen LogP contribution >= 0.6 is 27.3 Å². The highest BCUT2D eigenvalue weighted by Crippen LogP contribution is 2.49. The summed E-state index contributed by atoms with van der Waals surface area (Å²) in [5.74, 6) is 0.607. The first-order valence-electron chi connectivity index (χ1n) is 13.7. The van der Waals surface area contributed by atoms with Crippen LogP contribution in [0.25, 0.3) is 10.2 Å². The Bertz CT molecular complexity index is 1440. The molecular formula is C31H32BrN3O4S. The third-order valence-corrected chi connectivity index (χ3v) is 9.24. The summed E-state index contributed by atoms with van der Waals surface area (Å²) in [4.78, 5) is 17.4. The second kappa shape index (κ2) is 11.9. The Kier molecular flexibility index (Phi) is 8.07. The van der Waals surface area contributed by atoms with Crippen LogP contribution in [0.1, 0.15) is 42.9 Å². The summed E-state index contributed by atoms with van der Waals surface area (Å²) < 4.78 is 14.1. The number of hydrogen-bond acceptors (Lipinski definition) is 7. The molecule has 0 saturated heterocycles. The van der Waals surface area contributed by atoms with Crippen molar-refractivity contribution in [2.45, 2.75) is 55.9 Å². The maximum atomic E-state index is 13.0. The predicted octanol–water partition coefficient (Wildman–Crippen LogP) is 5.56. The molecule has 0 unspecified atom stereocenters. The molecule has 3 aromatic carbocycles. The fourth-order valence-electron chi connectivity index (χ4n) is 5.55. The van der Waals surface area contributed by atoms with Crippen molar-refractivity contribution in [2.24, 2.45) is 0 Å². The standard InChI is InChI=1S/C31H32BrN3O4S/c32-21-11-12-27-22(16-21)25(17-31(39-27)13-6-14-31)33-18-26(36)24(15-20-7-2-1-3-8-20)34-29(37)19-38-30-35-23-9-4-5-10-28(23)40-30/h1-5,7-12,16,24-26,33,36H,6,13-15,17-19H2,(H,34,37)/t24-,25-,26+/m0/s1. The van der Waals surface area contributed by atoms with Gasteiger partial charge < -0.3 is 25.2 Å². The number of nitrogens with one attached hydrogen (secondary N) is 2. The van der Waals surface area contributed by atoms with Crippen LogP contribution in [0.15, 0.2) is 77.3 Å². The van der Waals surface area contributed by atoms with Gasteiger partial charge in [0.25, 0.3) is 11.1 Å². The van der Waals surface area contributed by atoms with Crippen LogP contribution in [0.5, 0.6) is 10.9 Å². The summed E-state index contributed by atoms with van der Waals surface area (Å²) >= 11 is 5.00. The number of aromatic nitrogens is 1. The third kappa shape index (κ3) is 6.17. The highest BCUT2D eigenvalue weighted by atomic mass is 79.9. The molecule has 2 heterocycles.